The average molecular weight is 312 g/mol. The highest BCUT2D eigenvalue weighted by Crippen LogP contribution is 2.44. The lowest BCUT2D eigenvalue weighted by atomic mass is 10.0. The molecule has 1 aliphatic carbocycles. The van der Waals surface area contributed by atoms with Crippen LogP contribution >= 0.6 is 0 Å². The van der Waals surface area contributed by atoms with E-state index in [0.29, 0.717) is 18.6 Å². The molecule has 1 aromatic heterocycles. The third-order valence-corrected chi connectivity index (χ3v) is 4.92. The zero-order chi connectivity index (χ0) is 15.6. The maximum Gasteiger partial charge on any atom is 0.145 e. The first-order valence-corrected chi connectivity index (χ1v) is 8.69. The van der Waals surface area contributed by atoms with Gasteiger partial charge in [-0.2, -0.15) is 0 Å². The summed E-state index contributed by atoms with van der Waals surface area (Å²) in [7, 11) is 0. The Labute approximate surface area is 137 Å². The fourth-order valence-corrected chi connectivity index (χ4v) is 3.34. The first-order chi connectivity index (χ1) is 11.3. The van der Waals surface area contributed by atoms with Crippen LogP contribution in [0.25, 0.3) is 11.3 Å². The largest absolute Gasteiger partial charge is 0.373 e. The molecule has 1 saturated heterocycles. The van der Waals surface area contributed by atoms with Gasteiger partial charge in [-0.05, 0) is 51.3 Å². The van der Waals surface area contributed by atoms with Crippen molar-refractivity contribution in [2.75, 3.05) is 13.1 Å². The van der Waals surface area contributed by atoms with Gasteiger partial charge >= 0.3 is 0 Å². The summed E-state index contributed by atoms with van der Waals surface area (Å²) in [5.74, 6) is 1.60. The van der Waals surface area contributed by atoms with Gasteiger partial charge in [-0.15, -0.1) is 0 Å². The van der Waals surface area contributed by atoms with Crippen LogP contribution < -0.4 is 5.32 Å². The smallest absolute Gasteiger partial charge is 0.145 e. The van der Waals surface area contributed by atoms with Crippen LogP contribution in [0.15, 0.2) is 28.8 Å². The summed E-state index contributed by atoms with van der Waals surface area (Å²) in [6.07, 6.45) is 4.95. The topological polar surface area (TPSA) is 47.3 Å². The Kier molecular flexibility index (Phi) is 4.19. The third kappa shape index (κ3) is 3.19. The van der Waals surface area contributed by atoms with Gasteiger partial charge in [0.05, 0.1) is 12.7 Å². The molecule has 0 unspecified atom stereocenters. The summed E-state index contributed by atoms with van der Waals surface area (Å²) in [5.41, 5.74) is 4.53. The molecule has 2 aliphatic rings. The second-order valence-corrected chi connectivity index (χ2v) is 6.72. The minimum absolute atomic E-state index is 0.350. The van der Waals surface area contributed by atoms with E-state index < -0.39 is 0 Å². The van der Waals surface area contributed by atoms with Crippen LogP contribution in [0.1, 0.15) is 48.5 Å². The number of benzene rings is 1. The number of rotatable bonds is 5. The summed E-state index contributed by atoms with van der Waals surface area (Å²) in [5, 5.41) is 7.79. The van der Waals surface area contributed by atoms with Crippen LogP contribution in [0.5, 0.6) is 0 Å². The lowest BCUT2D eigenvalue weighted by Gasteiger charge is -2.23. The predicted molar refractivity (Wildman–Crippen MR) is 89.3 cm³/mol. The molecule has 1 saturated carbocycles. The number of ether oxygens (including phenoxy) is 1. The zero-order valence-corrected chi connectivity index (χ0v) is 13.7. The Hall–Kier alpha value is -1.65. The van der Waals surface area contributed by atoms with E-state index in [2.05, 4.69) is 41.7 Å². The Morgan fingerprint density at radius 1 is 1.17 bits per heavy atom. The lowest BCUT2D eigenvalue weighted by Crippen LogP contribution is -2.32. The molecule has 4 rings (SSSR count). The second-order valence-electron chi connectivity index (χ2n) is 6.72. The van der Waals surface area contributed by atoms with Crippen molar-refractivity contribution in [1.29, 1.82) is 0 Å². The summed E-state index contributed by atoms with van der Waals surface area (Å²) < 4.78 is 11.9. The van der Waals surface area contributed by atoms with Gasteiger partial charge < -0.3 is 14.6 Å². The van der Waals surface area contributed by atoms with E-state index in [-0.39, 0.29) is 0 Å². The monoisotopic (exact) mass is 312 g/mol. The van der Waals surface area contributed by atoms with E-state index >= 15 is 0 Å². The minimum atomic E-state index is 0.350. The number of nitrogens with one attached hydrogen (secondary N) is 1. The molecular weight excluding hydrogens is 288 g/mol. The Morgan fingerprint density at radius 3 is 2.70 bits per heavy atom. The normalized spacial score (nSPS) is 19.2. The lowest BCUT2D eigenvalue weighted by molar-refractivity contribution is 0.0207. The maximum absolute atomic E-state index is 6.21. The van der Waals surface area contributed by atoms with E-state index in [0.717, 1.165) is 42.9 Å². The van der Waals surface area contributed by atoms with Crippen LogP contribution in [0.3, 0.4) is 0 Å². The van der Waals surface area contributed by atoms with Crippen molar-refractivity contribution in [3.8, 4) is 11.3 Å². The van der Waals surface area contributed by atoms with Gasteiger partial charge in [0.1, 0.15) is 11.5 Å². The van der Waals surface area contributed by atoms with Gasteiger partial charge in [-0.25, -0.2) is 0 Å². The number of hydrogen-bond donors (Lipinski definition) is 1. The van der Waals surface area contributed by atoms with E-state index in [1.165, 1.54) is 24.0 Å². The van der Waals surface area contributed by atoms with Crippen molar-refractivity contribution in [3.63, 3.8) is 0 Å². The highest BCUT2D eigenvalue weighted by atomic mass is 16.5. The zero-order valence-electron chi connectivity index (χ0n) is 13.7. The van der Waals surface area contributed by atoms with Crippen molar-refractivity contribution in [1.82, 2.24) is 10.5 Å². The van der Waals surface area contributed by atoms with Crippen LogP contribution in [0, 0.1) is 6.92 Å². The summed E-state index contributed by atoms with van der Waals surface area (Å²) in [6, 6.07) is 8.37. The molecule has 1 aromatic carbocycles. The molecule has 4 nitrogen and oxygen atoms in total. The quantitative estimate of drug-likeness (QED) is 0.912. The summed E-state index contributed by atoms with van der Waals surface area (Å²) in [6.45, 7) is 4.84. The molecule has 2 aromatic rings. The molecule has 2 heterocycles. The predicted octanol–water partition coefficient (Wildman–Crippen LogP) is 3.80. The fourth-order valence-electron chi connectivity index (χ4n) is 3.34. The molecule has 0 bridgehead atoms. The van der Waals surface area contributed by atoms with Gasteiger partial charge in [0.25, 0.3) is 0 Å². The minimum Gasteiger partial charge on any atom is -0.373 e. The van der Waals surface area contributed by atoms with Gasteiger partial charge in [-0.1, -0.05) is 29.4 Å². The summed E-state index contributed by atoms with van der Waals surface area (Å²) in [4.78, 5) is 0. The van der Waals surface area contributed by atoms with E-state index in [9.17, 15) is 0 Å². The van der Waals surface area contributed by atoms with Crippen molar-refractivity contribution < 1.29 is 9.26 Å². The fraction of sp³-hybridized carbons (Fsp3) is 0.526. The molecule has 1 aliphatic heterocycles. The third-order valence-electron chi connectivity index (χ3n) is 4.92. The van der Waals surface area contributed by atoms with Crippen molar-refractivity contribution in [2.24, 2.45) is 0 Å². The van der Waals surface area contributed by atoms with Crippen LogP contribution in [0.4, 0.5) is 0 Å². The molecule has 0 spiro atoms. The highest BCUT2D eigenvalue weighted by molar-refractivity contribution is 5.67. The first kappa shape index (κ1) is 14.9. The standard InChI is InChI=1S/C19H24N2O2/c1-13-4-2-3-5-16(13)18-17(19(23-21-18)14-6-7-14)12-22-15-8-10-20-11-9-15/h2-5,14-15,20H,6-12H2,1H3. The van der Waals surface area contributed by atoms with Gasteiger partial charge in [-0.3, -0.25) is 0 Å². The average Bonchev–Trinajstić information content (AvgIpc) is 3.35. The molecule has 4 heteroatoms. The van der Waals surface area contributed by atoms with Crippen LogP contribution in [-0.2, 0) is 11.3 Å². The van der Waals surface area contributed by atoms with Crippen molar-refractivity contribution in [3.05, 3.63) is 41.2 Å². The first-order valence-electron chi connectivity index (χ1n) is 8.69. The molecule has 23 heavy (non-hydrogen) atoms. The molecule has 122 valence electrons. The van der Waals surface area contributed by atoms with Crippen LogP contribution in [-0.4, -0.2) is 24.4 Å². The highest BCUT2D eigenvalue weighted by Gasteiger charge is 2.33. The number of nitrogens with zero attached hydrogens (tertiary/aromatic N) is 1. The van der Waals surface area contributed by atoms with E-state index in [1.807, 2.05) is 0 Å². The molecule has 0 radical (unpaired) electrons. The number of aromatic nitrogens is 1. The van der Waals surface area contributed by atoms with Gasteiger partial charge in [0.15, 0.2) is 0 Å². The Balaban J connectivity index is 1.60. The molecule has 0 amide bonds. The second kappa shape index (κ2) is 6.46. The maximum atomic E-state index is 6.21. The molecular formula is C19H24N2O2. The van der Waals surface area contributed by atoms with Crippen molar-refractivity contribution >= 4 is 0 Å². The number of hydrogen-bond acceptors (Lipinski definition) is 4. The van der Waals surface area contributed by atoms with Gasteiger partial charge in [0.2, 0.25) is 0 Å². The molecule has 2 fully saturated rings. The van der Waals surface area contributed by atoms with E-state index in [1.54, 1.807) is 0 Å². The number of piperidine rings is 1. The Bertz CT molecular complexity index is 670. The number of aryl methyl sites for hydroxylation is 1. The molecule has 1 N–H and O–H groups in total. The van der Waals surface area contributed by atoms with Crippen LogP contribution in [0.2, 0.25) is 0 Å². The summed E-state index contributed by atoms with van der Waals surface area (Å²) >= 11 is 0. The Morgan fingerprint density at radius 2 is 1.96 bits per heavy atom. The van der Waals surface area contributed by atoms with Gasteiger partial charge in [0, 0.05) is 17.0 Å². The van der Waals surface area contributed by atoms with E-state index in [4.69, 9.17) is 9.26 Å². The molecule has 0 atom stereocenters. The van der Waals surface area contributed by atoms with Crippen molar-refractivity contribution in [2.45, 2.75) is 51.2 Å². The SMILES string of the molecule is Cc1ccccc1-c1noc(C2CC2)c1COC1CCNCC1.